The van der Waals surface area contributed by atoms with E-state index in [1.54, 1.807) is 24.3 Å². The van der Waals surface area contributed by atoms with Crippen LogP contribution in [0.15, 0.2) is 78.9 Å². The second-order valence-electron chi connectivity index (χ2n) is 6.40. The van der Waals surface area contributed by atoms with Crippen molar-refractivity contribution >= 4 is 17.5 Å². The Hall–Kier alpha value is -3.60. The average Bonchev–Trinajstić information content (AvgIpc) is 2.72. The van der Waals surface area contributed by atoms with Crippen molar-refractivity contribution in [3.63, 3.8) is 0 Å². The third kappa shape index (κ3) is 5.71. The lowest BCUT2D eigenvalue weighted by Crippen LogP contribution is -2.23. The molecule has 0 aliphatic rings. The molecule has 0 radical (unpaired) electrons. The number of ether oxygens (including phenoxy) is 1. The highest BCUT2D eigenvalue weighted by atomic mass is 16.5. The van der Waals surface area contributed by atoms with E-state index in [-0.39, 0.29) is 18.4 Å². The van der Waals surface area contributed by atoms with Gasteiger partial charge in [0.2, 0.25) is 0 Å². The van der Waals surface area contributed by atoms with Crippen LogP contribution in [0.3, 0.4) is 0 Å². The number of hydrogen-bond acceptors (Lipinski definition) is 3. The maximum Gasteiger partial charge on any atom is 0.262 e. The van der Waals surface area contributed by atoms with Crippen molar-refractivity contribution in [2.45, 2.75) is 13.5 Å². The number of anilines is 1. The Labute approximate surface area is 164 Å². The summed E-state index contributed by atoms with van der Waals surface area (Å²) in [5.41, 5.74) is 3.25. The van der Waals surface area contributed by atoms with Crippen LogP contribution >= 0.6 is 0 Å². The zero-order valence-corrected chi connectivity index (χ0v) is 15.6. The maximum atomic E-state index is 12.2. The van der Waals surface area contributed by atoms with Crippen LogP contribution < -0.4 is 15.4 Å². The third-order valence-electron chi connectivity index (χ3n) is 4.09. The summed E-state index contributed by atoms with van der Waals surface area (Å²) >= 11 is 0. The second kappa shape index (κ2) is 9.37. The Morgan fingerprint density at radius 2 is 1.64 bits per heavy atom. The molecule has 28 heavy (non-hydrogen) atoms. The van der Waals surface area contributed by atoms with E-state index in [1.807, 2.05) is 61.5 Å². The Morgan fingerprint density at radius 3 is 2.36 bits per heavy atom. The molecule has 5 heteroatoms. The highest BCUT2D eigenvalue weighted by molar-refractivity contribution is 5.96. The van der Waals surface area contributed by atoms with E-state index in [1.165, 1.54) is 0 Å². The summed E-state index contributed by atoms with van der Waals surface area (Å²) in [4.78, 5) is 24.3. The second-order valence-corrected chi connectivity index (χ2v) is 6.40. The molecule has 0 heterocycles. The van der Waals surface area contributed by atoms with E-state index in [0.29, 0.717) is 23.5 Å². The van der Waals surface area contributed by atoms with E-state index in [0.717, 1.165) is 11.1 Å². The fourth-order valence-corrected chi connectivity index (χ4v) is 2.64. The van der Waals surface area contributed by atoms with Crippen LogP contribution in [0.1, 0.15) is 21.5 Å². The predicted octanol–water partition coefficient (Wildman–Crippen LogP) is 3.94. The van der Waals surface area contributed by atoms with Gasteiger partial charge in [-0.05, 0) is 54.4 Å². The molecule has 142 valence electrons. The van der Waals surface area contributed by atoms with Gasteiger partial charge in [0.25, 0.3) is 11.8 Å². The topological polar surface area (TPSA) is 67.4 Å². The molecule has 0 spiro atoms. The summed E-state index contributed by atoms with van der Waals surface area (Å²) in [6, 6.07) is 24.0. The van der Waals surface area contributed by atoms with Crippen LogP contribution in [0.5, 0.6) is 5.75 Å². The fourth-order valence-electron chi connectivity index (χ4n) is 2.64. The molecule has 3 rings (SSSR count). The van der Waals surface area contributed by atoms with Crippen molar-refractivity contribution in [1.82, 2.24) is 5.32 Å². The largest absolute Gasteiger partial charge is 0.484 e. The molecule has 0 unspecified atom stereocenters. The minimum atomic E-state index is -0.261. The molecule has 0 aromatic heterocycles. The summed E-state index contributed by atoms with van der Waals surface area (Å²) < 4.78 is 5.48. The van der Waals surface area contributed by atoms with Gasteiger partial charge < -0.3 is 15.4 Å². The molecule has 0 saturated heterocycles. The summed E-state index contributed by atoms with van der Waals surface area (Å²) in [5, 5.41) is 5.63. The first-order valence-electron chi connectivity index (χ1n) is 9.02. The van der Waals surface area contributed by atoms with Gasteiger partial charge in [-0.3, -0.25) is 9.59 Å². The van der Waals surface area contributed by atoms with Crippen LogP contribution in [0.25, 0.3) is 0 Å². The van der Waals surface area contributed by atoms with Crippen molar-refractivity contribution in [3.05, 3.63) is 95.6 Å². The Kier molecular flexibility index (Phi) is 6.41. The molecular formula is C23H22N2O3. The zero-order chi connectivity index (χ0) is 19.8. The summed E-state index contributed by atoms with van der Waals surface area (Å²) in [6.45, 7) is 2.35. The van der Waals surface area contributed by atoms with Crippen LogP contribution in [0.2, 0.25) is 0 Å². The number of benzene rings is 3. The molecule has 0 bridgehead atoms. The molecule has 3 aromatic carbocycles. The quantitative estimate of drug-likeness (QED) is 0.658. The van der Waals surface area contributed by atoms with Crippen molar-refractivity contribution in [2.24, 2.45) is 0 Å². The standard InChI is InChI=1S/C23H22N2O3/c1-17-6-5-9-21(14-17)28-16-22(26)25-20-12-10-19(11-13-20)23(27)24-15-18-7-3-2-4-8-18/h2-14H,15-16H2,1H3,(H,24,27)(H,25,26). The van der Waals surface area contributed by atoms with Crippen molar-refractivity contribution in [1.29, 1.82) is 0 Å². The summed E-state index contributed by atoms with van der Waals surface area (Å²) in [7, 11) is 0. The van der Waals surface area contributed by atoms with Crippen LogP contribution in [-0.4, -0.2) is 18.4 Å². The first-order chi connectivity index (χ1) is 13.6. The van der Waals surface area contributed by atoms with Gasteiger partial charge in [0.1, 0.15) is 5.75 Å². The van der Waals surface area contributed by atoms with Crippen molar-refractivity contribution in [3.8, 4) is 5.75 Å². The number of rotatable bonds is 7. The smallest absolute Gasteiger partial charge is 0.262 e. The number of hydrogen-bond donors (Lipinski definition) is 2. The van der Waals surface area contributed by atoms with E-state index in [9.17, 15) is 9.59 Å². The number of carbonyl (C=O) groups excluding carboxylic acids is 2. The summed E-state index contributed by atoms with van der Waals surface area (Å²) in [6.07, 6.45) is 0. The number of amides is 2. The Balaban J connectivity index is 1.48. The zero-order valence-electron chi connectivity index (χ0n) is 15.6. The molecule has 0 saturated carbocycles. The maximum absolute atomic E-state index is 12.2. The van der Waals surface area contributed by atoms with Gasteiger partial charge >= 0.3 is 0 Å². The SMILES string of the molecule is Cc1cccc(OCC(=O)Nc2ccc(C(=O)NCc3ccccc3)cc2)c1. The molecule has 0 aliphatic carbocycles. The minimum absolute atomic E-state index is 0.0806. The van der Waals surface area contributed by atoms with Crippen LogP contribution in [0, 0.1) is 6.92 Å². The molecule has 3 aromatic rings. The molecule has 0 atom stereocenters. The highest BCUT2D eigenvalue weighted by Gasteiger charge is 2.07. The fraction of sp³-hybridized carbons (Fsp3) is 0.130. The van der Waals surface area contributed by atoms with Gasteiger partial charge in [0, 0.05) is 17.8 Å². The van der Waals surface area contributed by atoms with E-state index in [2.05, 4.69) is 10.6 Å². The van der Waals surface area contributed by atoms with Gasteiger partial charge in [-0.1, -0.05) is 42.5 Å². The number of nitrogens with one attached hydrogen (secondary N) is 2. The minimum Gasteiger partial charge on any atom is -0.484 e. The first-order valence-corrected chi connectivity index (χ1v) is 9.02. The summed E-state index contributed by atoms with van der Waals surface area (Å²) in [5.74, 6) is 0.230. The molecule has 2 amide bonds. The van der Waals surface area contributed by atoms with Gasteiger partial charge in [-0.15, -0.1) is 0 Å². The molecule has 0 aliphatic heterocycles. The van der Waals surface area contributed by atoms with Crippen LogP contribution in [0.4, 0.5) is 5.69 Å². The van der Waals surface area contributed by atoms with E-state index >= 15 is 0 Å². The van der Waals surface area contributed by atoms with Gasteiger partial charge in [-0.2, -0.15) is 0 Å². The van der Waals surface area contributed by atoms with Gasteiger partial charge in [-0.25, -0.2) is 0 Å². The lowest BCUT2D eigenvalue weighted by Gasteiger charge is -2.09. The molecule has 0 fully saturated rings. The van der Waals surface area contributed by atoms with E-state index < -0.39 is 0 Å². The Morgan fingerprint density at radius 1 is 0.893 bits per heavy atom. The van der Waals surface area contributed by atoms with Crippen molar-refractivity contribution < 1.29 is 14.3 Å². The third-order valence-corrected chi connectivity index (χ3v) is 4.09. The number of carbonyl (C=O) groups is 2. The molecule has 5 nitrogen and oxygen atoms in total. The monoisotopic (exact) mass is 374 g/mol. The normalized spacial score (nSPS) is 10.2. The lowest BCUT2D eigenvalue weighted by molar-refractivity contribution is -0.118. The Bertz CT molecular complexity index is 938. The first kappa shape index (κ1) is 19.2. The lowest BCUT2D eigenvalue weighted by atomic mass is 10.1. The number of aryl methyl sites for hydroxylation is 1. The van der Waals surface area contributed by atoms with Gasteiger partial charge in [0.05, 0.1) is 0 Å². The van der Waals surface area contributed by atoms with Crippen LogP contribution in [-0.2, 0) is 11.3 Å². The predicted molar refractivity (Wildman–Crippen MR) is 109 cm³/mol. The van der Waals surface area contributed by atoms with Crippen molar-refractivity contribution in [2.75, 3.05) is 11.9 Å². The molecule has 2 N–H and O–H groups in total. The molecular weight excluding hydrogens is 352 g/mol. The highest BCUT2D eigenvalue weighted by Crippen LogP contribution is 2.13. The van der Waals surface area contributed by atoms with E-state index in [4.69, 9.17) is 4.74 Å². The average molecular weight is 374 g/mol. The van der Waals surface area contributed by atoms with Gasteiger partial charge in [0.15, 0.2) is 6.61 Å².